The van der Waals surface area contributed by atoms with Gasteiger partial charge < -0.3 is 9.42 Å². The van der Waals surface area contributed by atoms with Crippen LogP contribution in [0.4, 0.5) is 0 Å². The highest BCUT2D eigenvalue weighted by Crippen LogP contribution is 2.27. The molecule has 1 saturated heterocycles. The third kappa shape index (κ3) is 4.45. The first-order valence-corrected chi connectivity index (χ1v) is 8.79. The molecule has 2 heterocycles. The zero-order valence-corrected chi connectivity index (χ0v) is 15.2. The summed E-state index contributed by atoms with van der Waals surface area (Å²) in [5.74, 6) is 1.53. The molecule has 1 fully saturated rings. The molecule has 1 aromatic heterocycles. The summed E-state index contributed by atoms with van der Waals surface area (Å²) in [7, 11) is 0. The highest BCUT2D eigenvalue weighted by atomic mass is 16.5. The van der Waals surface area contributed by atoms with Crippen LogP contribution in [0.2, 0.25) is 0 Å². The summed E-state index contributed by atoms with van der Waals surface area (Å²) in [4.78, 5) is 21.2. The van der Waals surface area contributed by atoms with Gasteiger partial charge in [0.05, 0.1) is 6.54 Å². The molecule has 0 radical (unpaired) electrons. The van der Waals surface area contributed by atoms with Crippen molar-refractivity contribution in [3.05, 3.63) is 47.6 Å². The van der Waals surface area contributed by atoms with Crippen molar-refractivity contribution in [3.8, 4) is 0 Å². The summed E-state index contributed by atoms with van der Waals surface area (Å²) in [5.41, 5.74) is 1.05. The van der Waals surface area contributed by atoms with Crippen molar-refractivity contribution in [2.24, 2.45) is 0 Å². The Hall–Kier alpha value is -2.21. The highest BCUT2D eigenvalue weighted by molar-refractivity contribution is 5.77. The van der Waals surface area contributed by atoms with Crippen molar-refractivity contribution in [2.45, 2.75) is 39.2 Å². The Morgan fingerprint density at radius 1 is 1.16 bits per heavy atom. The van der Waals surface area contributed by atoms with Gasteiger partial charge in [-0.15, -0.1) is 0 Å². The zero-order valence-electron chi connectivity index (χ0n) is 15.2. The number of amides is 1. The molecule has 3 rings (SSSR count). The molecule has 0 unspecified atom stereocenters. The maximum atomic E-state index is 12.7. The van der Waals surface area contributed by atoms with Gasteiger partial charge >= 0.3 is 0 Å². The minimum atomic E-state index is -0.155. The number of carbonyl (C=O) groups is 1. The third-order valence-corrected chi connectivity index (χ3v) is 4.81. The van der Waals surface area contributed by atoms with Gasteiger partial charge in [0.25, 0.3) is 0 Å². The number of hydrogen-bond acceptors (Lipinski definition) is 5. The average molecular weight is 342 g/mol. The topological polar surface area (TPSA) is 62.5 Å². The van der Waals surface area contributed by atoms with Gasteiger partial charge in [-0.2, -0.15) is 4.98 Å². The molecule has 6 heteroatoms. The zero-order chi connectivity index (χ0) is 17.9. The van der Waals surface area contributed by atoms with Crippen LogP contribution in [-0.4, -0.2) is 52.0 Å². The van der Waals surface area contributed by atoms with Crippen molar-refractivity contribution in [3.63, 3.8) is 0 Å². The van der Waals surface area contributed by atoms with Gasteiger partial charge in [0.1, 0.15) is 0 Å². The summed E-state index contributed by atoms with van der Waals surface area (Å²) < 4.78 is 5.01. The molecule has 0 bridgehead atoms. The molecule has 1 aliphatic rings. The molecule has 0 aliphatic carbocycles. The molecule has 1 amide bonds. The van der Waals surface area contributed by atoms with Gasteiger partial charge in [0.15, 0.2) is 5.82 Å². The van der Waals surface area contributed by atoms with E-state index in [0.29, 0.717) is 24.7 Å². The Labute approximate surface area is 148 Å². The van der Waals surface area contributed by atoms with Crippen molar-refractivity contribution >= 4 is 5.91 Å². The van der Waals surface area contributed by atoms with Crippen LogP contribution in [0.3, 0.4) is 0 Å². The first kappa shape index (κ1) is 17.6. The van der Waals surface area contributed by atoms with Gasteiger partial charge in [-0.25, -0.2) is 0 Å². The molecule has 1 aromatic carbocycles. The van der Waals surface area contributed by atoms with Crippen molar-refractivity contribution in [2.75, 3.05) is 26.2 Å². The van der Waals surface area contributed by atoms with Crippen LogP contribution in [0.1, 0.15) is 37.5 Å². The van der Waals surface area contributed by atoms with Crippen molar-refractivity contribution in [1.82, 2.24) is 19.9 Å². The number of hydrogen-bond donors (Lipinski definition) is 0. The fourth-order valence-corrected chi connectivity index (χ4v) is 3.24. The lowest BCUT2D eigenvalue weighted by molar-refractivity contribution is -0.134. The minimum Gasteiger partial charge on any atom is -0.340 e. The fourth-order valence-electron chi connectivity index (χ4n) is 3.24. The predicted octanol–water partition coefficient (Wildman–Crippen LogP) is 2.39. The largest absolute Gasteiger partial charge is 0.340 e. The van der Waals surface area contributed by atoms with Crippen LogP contribution in [0.15, 0.2) is 34.9 Å². The molecular formula is C19H26N4O2. The minimum absolute atomic E-state index is 0.155. The standard InChI is InChI=1S/C19H26N4O2/c1-15-20-17(21-25-15)14-22-9-11-23(12-10-22)18(24)13-19(2,3)16-7-5-4-6-8-16/h4-8H,9-14H2,1-3H3. The second-order valence-corrected chi connectivity index (χ2v) is 7.31. The quantitative estimate of drug-likeness (QED) is 0.835. The van der Waals surface area contributed by atoms with E-state index in [-0.39, 0.29) is 11.3 Å². The molecule has 25 heavy (non-hydrogen) atoms. The predicted molar refractivity (Wildman–Crippen MR) is 95.0 cm³/mol. The number of carbonyl (C=O) groups excluding carboxylic acids is 1. The Bertz CT molecular complexity index is 703. The Balaban J connectivity index is 1.51. The maximum absolute atomic E-state index is 12.7. The fraction of sp³-hybridized carbons (Fsp3) is 0.526. The maximum Gasteiger partial charge on any atom is 0.223 e. The van der Waals surface area contributed by atoms with Gasteiger partial charge in [-0.1, -0.05) is 49.3 Å². The van der Waals surface area contributed by atoms with Crippen molar-refractivity contribution < 1.29 is 9.32 Å². The number of piperazine rings is 1. The highest BCUT2D eigenvalue weighted by Gasteiger charge is 2.29. The van der Waals surface area contributed by atoms with Crippen LogP contribution in [0.5, 0.6) is 0 Å². The number of nitrogens with zero attached hydrogens (tertiary/aromatic N) is 4. The third-order valence-electron chi connectivity index (χ3n) is 4.81. The van der Waals surface area contributed by atoms with Crippen LogP contribution in [0, 0.1) is 6.92 Å². The van der Waals surface area contributed by atoms with Crippen LogP contribution in [0.25, 0.3) is 0 Å². The normalized spacial score (nSPS) is 16.2. The molecule has 0 atom stereocenters. The van der Waals surface area contributed by atoms with Crippen molar-refractivity contribution in [1.29, 1.82) is 0 Å². The number of benzene rings is 1. The van der Waals surface area contributed by atoms with Crippen LogP contribution in [-0.2, 0) is 16.8 Å². The second kappa shape index (κ2) is 7.35. The van der Waals surface area contributed by atoms with E-state index in [1.165, 1.54) is 5.56 Å². The molecule has 6 nitrogen and oxygen atoms in total. The van der Waals surface area contributed by atoms with Crippen LogP contribution < -0.4 is 0 Å². The van der Waals surface area contributed by atoms with Gasteiger partial charge in [-0.3, -0.25) is 9.69 Å². The van der Waals surface area contributed by atoms with E-state index in [4.69, 9.17) is 4.52 Å². The summed E-state index contributed by atoms with van der Waals surface area (Å²) >= 11 is 0. The SMILES string of the molecule is Cc1nc(CN2CCN(C(=O)CC(C)(C)c3ccccc3)CC2)no1. The lowest BCUT2D eigenvalue weighted by Crippen LogP contribution is -2.49. The molecule has 0 N–H and O–H groups in total. The number of aromatic nitrogens is 2. The second-order valence-electron chi connectivity index (χ2n) is 7.31. The van der Waals surface area contributed by atoms with E-state index in [2.05, 4.69) is 41.0 Å². The molecule has 0 spiro atoms. The summed E-state index contributed by atoms with van der Waals surface area (Å²) in [6.45, 7) is 9.91. The van der Waals surface area contributed by atoms with Gasteiger partial charge in [0, 0.05) is 39.5 Å². The molecular weight excluding hydrogens is 316 g/mol. The Kier molecular flexibility index (Phi) is 5.18. The van der Waals surface area contributed by atoms with E-state index in [1.54, 1.807) is 6.92 Å². The Morgan fingerprint density at radius 3 is 2.44 bits per heavy atom. The summed E-state index contributed by atoms with van der Waals surface area (Å²) in [5, 5.41) is 3.94. The summed E-state index contributed by atoms with van der Waals surface area (Å²) in [6.07, 6.45) is 0.529. The van der Waals surface area contributed by atoms with Gasteiger partial charge in [0.2, 0.25) is 11.8 Å². The molecule has 0 saturated carbocycles. The lowest BCUT2D eigenvalue weighted by Gasteiger charge is -2.36. The smallest absolute Gasteiger partial charge is 0.223 e. The summed E-state index contributed by atoms with van der Waals surface area (Å²) in [6, 6.07) is 10.3. The lowest BCUT2D eigenvalue weighted by atomic mass is 9.81. The average Bonchev–Trinajstić information content (AvgIpc) is 3.01. The van der Waals surface area contributed by atoms with E-state index < -0.39 is 0 Å². The van der Waals surface area contributed by atoms with E-state index in [0.717, 1.165) is 26.2 Å². The number of rotatable bonds is 5. The molecule has 2 aromatic rings. The monoisotopic (exact) mass is 342 g/mol. The molecule has 134 valence electrons. The first-order valence-electron chi connectivity index (χ1n) is 8.79. The Morgan fingerprint density at radius 2 is 1.84 bits per heavy atom. The van der Waals surface area contributed by atoms with E-state index in [9.17, 15) is 4.79 Å². The van der Waals surface area contributed by atoms with E-state index >= 15 is 0 Å². The van der Waals surface area contributed by atoms with Crippen LogP contribution >= 0.6 is 0 Å². The number of aryl methyl sites for hydroxylation is 1. The first-order chi connectivity index (χ1) is 11.9. The van der Waals surface area contributed by atoms with Gasteiger partial charge in [-0.05, 0) is 11.0 Å². The van der Waals surface area contributed by atoms with E-state index in [1.807, 2.05) is 23.1 Å². The molecule has 1 aliphatic heterocycles.